The maximum atomic E-state index is 12.3. The van der Waals surface area contributed by atoms with Gasteiger partial charge >= 0.3 is 0 Å². The highest BCUT2D eigenvalue weighted by Crippen LogP contribution is 2.15. The predicted molar refractivity (Wildman–Crippen MR) is 89.5 cm³/mol. The summed E-state index contributed by atoms with van der Waals surface area (Å²) >= 11 is 0. The van der Waals surface area contributed by atoms with Crippen molar-refractivity contribution in [3.05, 3.63) is 24.3 Å². The van der Waals surface area contributed by atoms with Gasteiger partial charge in [-0.1, -0.05) is 6.92 Å². The minimum Gasteiger partial charge on any atom is -0.399 e. The molecule has 0 bridgehead atoms. The number of nitrogens with zero attached hydrogens (tertiary/aromatic N) is 3. The van der Waals surface area contributed by atoms with E-state index >= 15 is 0 Å². The third-order valence-electron chi connectivity index (χ3n) is 3.54. The van der Waals surface area contributed by atoms with Gasteiger partial charge in [-0.15, -0.1) is 0 Å². The first kappa shape index (κ1) is 17.5. The van der Waals surface area contributed by atoms with Crippen LogP contribution < -0.4 is 10.6 Å². The minimum atomic E-state index is 0.103. The number of anilines is 2. The van der Waals surface area contributed by atoms with Crippen molar-refractivity contribution in [1.82, 2.24) is 9.80 Å². The Hall–Kier alpha value is -1.59. The fourth-order valence-corrected chi connectivity index (χ4v) is 2.10. The van der Waals surface area contributed by atoms with Crippen molar-refractivity contribution >= 4 is 17.3 Å². The number of rotatable bonds is 8. The van der Waals surface area contributed by atoms with E-state index in [1.807, 2.05) is 31.3 Å². The second kappa shape index (κ2) is 8.64. The molecular formula is C16H28N4O. The second-order valence-corrected chi connectivity index (χ2v) is 5.57. The first-order valence-corrected chi connectivity index (χ1v) is 7.43. The molecule has 0 saturated heterocycles. The number of benzene rings is 1. The van der Waals surface area contributed by atoms with Crippen LogP contribution in [-0.4, -0.2) is 63.0 Å². The van der Waals surface area contributed by atoms with Crippen LogP contribution >= 0.6 is 0 Å². The summed E-state index contributed by atoms with van der Waals surface area (Å²) < 4.78 is 0. The molecule has 2 N–H and O–H groups in total. The molecule has 0 heterocycles. The summed E-state index contributed by atoms with van der Waals surface area (Å²) in [6.07, 6.45) is 1.07. The molecule has 5 heteroatoms. The highest BCUT2D eigenvalue weighted by atomic mass is 16.2. The number of nitrogens with two attached hydrogens (primary N) is 1. The van der Waals surface area contributed by atoms with Gasteiger partial charge in [-0.3, -0.25) is 9.69 Å². The van der Waals surface area contributed by atoms with Crippen LogP contribution in [0.3, 0.4) is 0 Å². The number of hydrogen-bond donors (Lipinski definition) is 1. The average Bonchev–Trinajstić information content (AvgIpc) is 2.45. The summed E-state index contributed by atoms with van der Waals surface area (Å²) in [7, 11) is 5.94. The fourth-order valence-electron chi connectivity index (χ4n) is 2.10. The second-order valence-electron chi connectivity index (χ2n) is 5.57. The number of carbonyl (C=O) groups excluding carboxylic acids is 1. The first-order valence-electron chi connectivity index (χ1n) is 7.43. The predicted octanol–water partition coefficient (Wildman–Crippen LogP) is 1.51. The Morgan fingerprint density at radius 3 is 2.24 bits per heavy atom. The van der Waals surface area contributed by atoms with Gasteiger partial charge in [0, 0.05) is 18.4 Å². The van der Waals surface area contributed by atoms with Gasteiger partial charge in [0.2, 0.25) is 5.91 Å². The van der Waals surface area contributed by atoms with Gasteiger partial charge in [0.25, 0.3) is 0 Å². The zero-order chi connectivity index (χ0) is 15.8. The van der Waals surface area contributed by atoms with E-state index in [1.54, 1.807) is 4.90 Å². The summed E-state index contributed by atoms with van der Waals surface area (Å²) in [5.74, 6) is 0.103. The van der Waals surface area contributed by atoms with Crippen LogP contribution in [-0.2, 0) is 4.79 Å². The Morgan fingerprint density at radius 1 is 1.10 bits per heavy atom. The van der Waals surface area contributed by atoms with Crippen molar-refractivity contribution in [3.8, 4) is 0 Å². The molecule has 0 saturated carbocycles. The van der Waals surface area contributed by atoms with Crippen LogP contribution in [0, 0.1) is 0 Å². The number of hydrogen-bond acceptors (Lipinski definition) is 4. The van der Waals surface area contributed by atoms with E-state index in [-0.39, 0.29) is 5.91 Å². The third kappa shape index (κ3) is 6.14. The van der Waals surface area contributed by atoms with Gasteiger partial charge in [-0.05, 0) is 64.4 Å². The molecule has 0 atom stereocenters. The quantitative estimate of drug-likeness (QED) is 0.738. The van der Waals surface area contributed by atoms with Crippen molar-refractivity contribution in [2.24, 2.45) is 0 Å². The van der Waals surface area contributed by atoms with Crippen LogP contribution in [0.1, 0.15) is 13.3 Å². The number of amides is 1. The lowest BCUT2D eigenvalue weighted by Crippen LogP contribution is -2.39. The van der Waals surface area contributed by atoms with E-state index in [2.05, 4.69) is 30.8 Å². The van der Waals surface area contributed by atoms with Gasteiger partial charge in [0.15, 0.2) is 0 Å². The molecule has 0 spiro atoms. The molecule has 0 aliphatic rings. The fraction of sp³-hybridized carbons (Fsp3) is 0.562. The van der Waals surface area contributed by atoms with Crippen LogP contribution in [0.15, 0.2) is 24.3 Å². The number of carbonyl (C=O) groups is 1. The van der Waals surface area contributed by atoms with E-state index < -0.39 is 0 Å². The molecule has 118 valence electrons. The Bertz CT molecular complexity index is 430. The van der Waals surface area contributed by atoms with E-state index in [1.165, 1.54) is 0 Å². The van der Waals surface area contributed by atoms with Crippen molar-refractivity contribution in [2.45, 2.75) is 13.3 Å². The Labute approximate surface area is 128 Å². The van der Waals surface area contributed by atoms with Gasteiger partial charge in [0.1, 0.15) is 0 Å². The van der Waals surface area contributed by atoms with Crippen LogP contribution in [0.4, 0.5) is 11.4 Å². The lowest BCUT2D eigenvalue weighted by Gasteiger charge is -2.24. The van der Waals surface area contributed by atoms with E-state index in [0.717, 1.165) is 31.7 Å². The van der Waals surface area contributed by atoms with E-state index in [9.17, 15) is 4.79 Å². The molecule has 0 unspecified atom stereocenters. The summed E-state index contributed by atoms with van der Waals surface area (Å²) in [4.78, 5) is 18.4. The van der Waals surface area contributed by atoms with E-state index in [0.29, 0.717) is 12.2 Å². The zero-order valence-corrected chi connectivity index (χ0v) is 13.7. The first-order chi connectivity index (χ1) is 9.93. The standard InChI is InChI=1S/C16H28N4O/c1-5-20(12-6-11-18(2)3)13-16(21)19(4)15-9-7-14(17)8-10-15/h7-10H,5-6,11-13,17H2,1-4H3. The molecule has 1 aromatic rings. The monoisotopic (exact) mass is 292 g/mol. The van der Waals surface area contributed by atoms with Gasteiger partial charge in [0.05, 0.1) is 6.54 Å². The smallest absolute Gasteiger partial charge is 0.240 e. The molecule has 0 aliphatic carbocycles. The summed E-state index contributed by atoms with van der Waals surface area (Å²) in [6.45, 7) is 5.40. The average molecular weight is 292 g/mol. The SMILES string of the molecule is CCN(CCCN(C)C)CC(=O)N(C)c1ccc(N)cc1. The van der Waals surface area contributed by atoms with Crippen molar-refractivity contribution < 1.29 is 4.79 Å². The van der Waals surface area contributed by atoms with Crippen LogP contribution in [0.2, 0.25) is 0 Å². The molecule has 0 fully saturated rings. The summed E-state index contributed by atoms with van der Waals surface area (Å²) in [5, 5.41) is 0. The summed E-state index contributed by atoms with van der Waals surface area (Å²) in [6, 6.07) is 7.37. The highest BCUT2D eigenvalue weighted by molar-refractivity contribution is 5.94. The van der Waals surface area contributed by atoms with E-state index in [4.69, 9.17) is 5.73 Å². The Morgan fingerprint density at radius 2 is 1.71 bits per heavy atom. The molecule has 0 aliphatic heterocycles. The van der Waals surface area contributed by atoms with Crippen LogP contribution in [0.25, 0.3) is 0 Å². The van der Waals surface area contributed by atoms with Gasteiger partial charge in [-0.25, -0.2) is 0 Å². The largest absolute Gasteiger partial charge is 0.399 e. The zero-order valence-electron chi connectivity index (χ0n) is 13.7. The number of nitrogen functional groups attached to an aromatic ring is 1. The molecule has 0 aromatic heterocycles. The molecule has 5 nitrogen and oxygen atoms in total. The molecule has 1 amide bonds. The van der Waals surface area contributed by atoms with Crippen molar-refractivity contribution in [1.29, 1.82) is 0 Å². The van der Waals surface area contributed by atoms with Gasteiger partial charge in [-0.2, -0.15) is 0 Å². The third-order valence-corrected chi connectivity index (χ3v) is 3.54. The van der Waals surface area contributed by atoms with Crippen LogP contribution in [0.5, 0.6) is 0 Å². The lowest BCUT2D eigenvalue weighted by molar-refractivity contribution is -0.119. The highest BCUT2D eigenvalue weighted by Gasteiger charge is 2.14. The lowest BCUT2D eigenvalue weighted by atomic mass is 10.2. The molecular weight excluding hydrogens is 264 g/mol. The molecule has 1 aromatic carbocycles. The van der Waals surface area contributed by atoms with Crippen molar-refractivity contribution in [2.75, 3.05) is 58.0 Å². The maximum Gasteiger partial charge on any atom is 0.240 e. The molecule has 0 radical (unpaired) electrons. The molecule has 1 rings (SSSR count). The normalized spacial score (nSPS) is 11.1. The Balaban J connectivity index is 2.51. The maximum absolute atomic E-state index is 12.3. The topological polar surface area (TPSA) is 52.8 Å². The summed E-state index contributed by atoms with van der Waals surface area (Å²) in [5.41, 5.74) is 7.25. The Kier molecular flexibility index (Phi) is 7.19. The van der Waals surface area contributed by atoms with Crippen molar-refractivity contribution in [3.63, 3.8) is 0 Å². The number of likely N-dealkylation sites (N-methyl/N-ethyl adjacent to an activating group) is 2. The molecule has 21 heavy (non-hydrogen) atoms. The van der Waals surface area contributed by atoms with Gasteiger partial charge < -0.3 is 15.5 Å². The minimum absolute atomic E-state index is 0.103.